The van der Waals surface area contributed by atoms with Crippen molar-refractivity contribution in [3.63, 3.8) is 0 Å². The maximum absolute atomic E-state index is 13.9. The minimum absolute atomic E-state index is 0.0405. The van der Waals surface area contributed by atoms with Gasteiger partial charge in [-0.25, -0.2) is 4.98 Å². The Morgan fingerprint density at radius 3 is 2.44 bits per heavy atom. The van der Waals surface area contributed by atoms with Crippen molar-refractivity contribution in [1.29, 1.82) is 0 Å². The lowest BCUT2D eigenvalue weighted by Gasteiger charge is -2.32. The number of rotatable bonds is 6. The Kier molecular flexibility index (Phi) is 7.48. The number of fused-ring (bicyclic) bond motifs is 1. The molecule has 39 heavy (non-hydrogen) atoms. The molecule has 0 unspecified atom stereocenters. The van der Waals surface area contributed by atoms with Crippen molar-refractivity contribution >= 4 is 39.2 Å². The summed E-state index contributed by atoms with van der Waals surface area (Å²) in [6.07, 6.45) is 2.30. The Labute approximate surface area is 228 Å². The first kappa shape index (κ1) is 26.9. The molecule has 0 bridgehead atoms. The summed E-state index contributed by atoms with van der Waals surface area (Å²) in [6, 6.07) is 9.46. The molecule has 2 aromatic heterocycles. The summed E-state index contributed by atoms with van der Waals surface area (Å²) in [5, 5.41) is 3.19. The van der Waals surface area contributed by atoms with Gasteiger partial charge in [-0.1, -0.05) is 19.3 Å². The van der Waals surface area contributed by atoms with E-state index in [9.17, 15) is 22.8 Å². The number of nitrogens with zero attached hydrogens (tertiary/aromatic N) is 3. The summed E-state index contributed by atoms with van der Waals surface area (Å²) in [4.78, 5) is 33.8. The average Bonchev–Trinajstić information content (AvgIpc) is 3.55. The van der Waals surface area contributed by atoms with Crippen LogP contribution in [0.15, 0.2) is 54.0 Å². The number of benzene rings is 2. The zero-order valence-corrected chi connectivity index (χ0v) is 22.4. The summed E-state index contributed by atoms with van der Waals surface area (Å²) in [7, 11) is 1.54. The topological polar surface area (TPSA) is 64.4 Å². The smallest absolute Gasteiger partial charge is 0.416 e. The molecule has 2 aromatic carbocycles. The van der Waals surface area contributed by atoms with Gasteiger partial charge < -0.3 is 4.74 Å². The third-order valence-corrected chi connectivity index (χ3v) is 8.14. The summed E-state index contributed by atoms with van der Waals surface area (Å²) in [5.74, 6) is -0.0117. The largest absolute Gasteiger partial charge is 0.497 e. The number of methoxy groups -OCH3 is 1. The Morgan fingerprint density at radius 2 is 1.82 bits per heavy atom. The van der Waals surface area contributed by atoms with Gasteiger partial charge in [0.05, 0.1) is 24.6 Å². The highest BCUT2D eigenvalue weighted by Crippen LogP contribution is 2.34. The molecule has 10 heteroatoms. The van der Waals surface area contributed by atoms with Gasteiger partial charge in [0.1, 0.15) is 5.75 Å². The van der Waals surface area contributed by atoms with Crippen molar-refractivity contribution in [2.75, 3.05) is 12.0 Å². The Morgan fingerprint density at radius 1 is 1.10 bits per heavy atom. The zero-order chi connectivity index (χ0) is 27.7. The lowest BCUT2D eigenvalue weighted by atomic mass is 9.94. The number of carbonyl (C=O) groups excluding carboxylic acids is 2. The number of hydrogen-bond donors (Lipinski definition) is 0. The molecule has 1 aliphatic carbocycles. The third kappa shape index (κ3) is 5.30. The molecule has 4 aromatic rings. The second kappa shape index (κ2) is 10.8. The van der Waals surface area contributed by atoms with Crippen LogP contribution in [0.3, 0.4) is 0 Å². The molecule has 0 aliphatic heterocycles. The van der Waals surface area contributed by atoms with E-state index in [0.29, 0.717) is 33.0 Å². The minimum Gasteiger partial charge on any atom is -0.497 e. The lowest BCUT2D eigenvalue weighted by molar-refractivity contribution is -0.137. The highest BCUT2D eigenvalue weighted by molar-refractivity contribution is 7.13. The van der Waals surface area contributed by atoms with Crippen LogP contribution in [0, 0.1) is 6.92 Å². The average molecular weight is 556 g/mol. The molecule has 0 saturated heterocycles. The fourth-order valence-electron chi connectivity index (χ4n) is 5.38. The van der Waals surface area contributed by atoms with Gasteiger partial charge in [-0.15, -0.1) is 11.3 Å². The predicted octanol–water partition coefficient (Wildman–Crippen LogP) is 7.03. The number of halogens is 3. The molecule has 6 nitrogen and oxygen atoms in total. The van der Waals surface area contributed by atoms with Crippen LogP contribution in [0.5, 0.6) is 5.75 Å². The molecular weight excluding hydrogens is 527 g/mol. The number of ether oxygens (including phenoxy) is 1. The van der Waals surface area contributed by atoms with Crippen LogP contribution in [-0.2, 0) is 17.4 Å². The molecule has 2 heterocycles. The summed E-state index contributed by atoms with van der Waals surface area (Å²) in [6.45, 7) is 1.76. The van der Waals surface area contributed by atoms with E-state index in [2.05, 4.69) is 4.98 Å². The second-order valence-corrected chi connectivity index (χ2v) is 10.6. The fourth-order valence-corrected chi connectivity index (χ4v) is 6.11. The molecule has 0 radical (unpaired) electrons. The van der Waals surface area contributed by atoms with E-state index in [0.717, 1.165) is 44.2 Å². The van der Waals surface area contributed by atoms with Gasteiger partial charge in [-0.3, -0.25) is 19.1 Å². The van der Waals surface area contributed by atoms with Crippen molar-refractivity contribution in [1.82, 2.24) is 9.55 Å². The van der Waals surface area contributed by atoms with Crippen LogP contribution in [0.2, 0.25) is 0 Å². The Bertz CT molecular complexity index is 1490. The highest BCUT2D eigenvalue weighted by Gasteiger charge is 2.32. The number of aromatic nitrogens is 2. The van der Waals surface area contributed by atoms with Crippen molar-refractivity contribution in [2.24, 2.45) is 0 Å². The van der Waals surface area contributed by atoms with Gasteiger partial charge in [0.2, 0.25) is 5.91 Å². The van der Waals surface area contributed by atoms with Gasteiger partial charge >= 0.3 is 6.18 Å². The monoisotopic (exact) mass is 555 g/mol. The molecule has 204 valence electrons. The van der Waals surface area contributed by atoms with Gasteiger partial charge in [-0.2, -0.15) is 13.2 Å². The van der Waals surface area contributed by atoms with Crippen LogP contribution in [0.1, 0.15) is 59.3 Å². The number of hydrogen-bond acceptors (Lipinski definition) is 5. The molecule has 1 amide bonds. The fraction of sp³-hybridized carbons (Fsp3) is 0.345. The van der Waals surface area contributed by atoms with Crippen molar-refractivity contribution < 1.29 is 27.5 Å². The molecule has 0 N–H and O–H groups in total. The van der Waals surface area contributed by atoms with Crippen LogP contribution in [0.4, 0.5) is 18.3 Å². The molecule has 0 atom stereocenters. The molecule has 0 spiro atoms. The lowest BCUT2D eigenvalue weighted by Crippen LogP contribution is -2.42. The van der Waals surface area contributed by atoms with Crippen LogP contribution in [-0.4, -0.2) is 34.5 Å². The maximum atomic E-state index is 13.9. The van der Waals surface area contributed by atoms with E-state index >= 15 is 0 Å². The molecule has 5 rings (SSSR count). The van der Waals surface area contributed by atoms with E-state index < -0.39 is 17.6 Å². The summed E-state index contributed by atoms with van der Waals surface area (Å²) in [5.41, 5.74) is 1.07. The van der Waals surface area contributed by atoms with E-state index in [1.807, 2.05) is 10.3 Å². The maximum Gasteiger partial charge on any atom is 0.416 e. The standard InChI is InChI=1S/C29H28F3N3O3S/c1-18-23(17-26(36)35(28-33-14-15-39-28)21-6-4-3-5-7-21)24-16-22(38-2)12-13-25(24)34(18)27(37)19-8-10-20(11-9-19)29(30,31)32/h8-16,21H,3-7,17H2,1-2H3. The SMILES string of the molecule is COc1ccc2c(c1)c(CC(=O)N(c1nccs1)C1CCCCC1)c(C)n2C(=O)c1ccc(C(F)(F)F)cc1. The number of amides is 1. The van der Waals surface area contributed by atoms with E-state index in [1.54, 1.807) is 31.3 Å². The first-order valence-electron chi connectivity index (χ1n) is 12.8. The second-order valence-electron chi connectivity index (χ2n) is 9.71. The van der Waals surface area contributed by atoms with Crippen LogP contribution < -0.4 is 9.64 Å². The highest BCUT2D eigenvalue weighted by atomic mass is 32.1. The van der Waals surface area contributed by atoms with Gasteiger partial charge in [0.15, 0.2) is 5.13 Å². The Balaban J connectivity index is 1.56. The zero-order valence-electron chi connectivity index (χ0n) is 21.6. The van der Waals surface area contributed by atoms with Crippen molar-refractivity contribution in [3.8, 4) is 5.75 Å². The van der Waals surface area contributed by atoms with Crippen molar-refractivity contribution in [2.45, 2.75) is 57.7 Å². The quantitative estimate of drug-likeness (QED) is 0.256. The van der Waals surface area contributed by atoms with Gasteiger partial charge in [-0.05, 0) is 67.8 Å². The van der Waals surface area contributed by atoms with E-state index in [-0.39, 0.29) is 23.9 Å². The number of alkyl halides is 3. The van der Waals surface area contributed by atoms with Crippen LogP contribution >= 0.6 is 11.3 Å². The van der Waals surface area contributed by atoms with Gasteiger partial charge in [0, 0.05) is 34.3 Å². The first-order chi connectivity index (χ1) is 18.7. The van der Waals surface area contributed by atoms with Crippen LogP contribution in [0.25, 0.3) is 10.9 Å². The number of carbonyl (C=O) groups is 2. The summed E-state index contributed by atoms with van der Waals surface area (Å²) >= 11 is 1.42. The van der Waals surface area contributed by atoms with E-state index in [1.165, 1.54) is 35.1 Å². The minimum atomic E-state index is -4.50. The third-order valence-electron chi connectivity index (χ3n) is 7.37. The molecule has 1 aliphatic rings. The number of anilines is 1. The first-order valence-corrected chi connectivity index (χ1v) is 13.7. The summed E-state index contributed by atoms with van der Waals surface area (Å²) < 4.78 is 46.1. The molecule has 1 saturated carbocycles. The normalized spacial score (nSPS) is 14.5. The van der Waals surface area contributed by atoms with E-state index in [4.69, 9.17) is 4.74 Å². The molecular formula is C29H28F3N3O3S. The van der Waals surface area contributed by atoms with Gasteiger partial charge in [0.25, 0.3) is 5.91 Å². The predicted molar refractivity (Wildman–Crippen MR) is 145 cm³/mol. The molecule has 1 fully saturated rings. The number of thiazole rings is 1. The Hall–Kier alpha value is -3.66. The van der Waals surface area contributed by atoms with Crippen molar-refractivity contribution in [3.05, 3.63) is 76.4 Å².